The summed E-state index contributed by atoms with van der Waals surface area (Å²) in [6.45, 7) is 0. The van der Waals surface area contributed by atoms with E-state index in [1.54, 1.807) is 0 Å². The molecule has 2 N–H and O–H groups in total. The van der Waals surface area contributed by atoms with E-state index < -0.39 is 0 Å². The van der Waals surface area contributed by atoms with E-state index in [1.165, 1.54) is 42.5 Å². The fraction of sp³-hybridized carbons (Fsp3) is 0.333. The summed E-state index contributed by atoms with van der Waals surface area (Å²) in [5.74, 6) is 0. The predicted octanol–water partition coefficient (Wildman–Crippen LogP) is 2.40. The summed E-state index contributed by atoms with van der Waals surface area (Å²) < 4.78 is 2.25. The maximum atomic E-state index is 5.80. The van der Waals surface area contributed by atoms with Crippen molar-refractivity contribution in [3.63, 3.8) is 0 Å². The minimum absolute atomic E-state index is 0.849. The van der Waals surface area contributed by atoms with E-state index in [0.717, 1.165) is 5.69 Å². The Kier molecular flexibility index (Phi) is 1.57. The van der Waals surface area contributed by atoms with E-state index in [-0.39, 0.29) is 0 Å². The highest BCUT2D eigenvalue weighted by molar-refractivity contribution is 5.57. The lowest BCUT2D eigenvalue weighted by Crippen LogP contribution is -2.03. The van der Waals surface area contributed by atoms with Crippen LogP contribution in [0.4, 0.5) is 5.69 Å². The molecule has 2 aromatic rings. The van der Waals surface area contributed by atoms with Gasteiger partial charge in [-0.2, -0.15) is 0 Å². The molecule has 0 bridgehead atoms. The largest absolute Gasteiger partial charge is 0.398 e. The number of nitrogens with two attached hydrogens (primary N) is 1. The third kappa shape index (κ3) is 1.03. The van der Waals surface area contributed by atoms with Gasteiger partial charge < -0.3 is 10.1 Å². The lowest BCUT2D eigenvalue weighted by molar-refractivity contribution is 0.669. The van der Waals surface area contributed by atoms with Crippen molar-refractivity contribution in [3.8, 4) is 0 Å². The first-order chi connectivity index (χ1) is 6.84. The quantitative estimate of drug-likeness (QED) is 0.672. The molecule has 2 nitrogen and oxygen atoms in total. The van der Waals surface area contributed by atoms with Gasteiger partial charge in [0.05, 0.1) is 0 Å². The number of nitrogen functional groups attached to an aromatic ring is 1. The molecule has 0 radical (unpaired) electrons. The molecule has 0 unspecified atom stereocenters. The van der Waals surface area contributed by atoms with Crippen molar-refractivity contribution >= 4 is 11.2 Å². The van der Waals surface area contributed by atoms with E-state index >= 15 is 0 Å². The second-order valence-corrected chi connectivity index (χ2v) is 4.08. The highest BCUT2D eigenvalue weighted by atomic mass is 14.9. The first kappa shape index (κ1) is 7.92. The molecule has 2 aromatic heterocycles. The summed E-state index contributed by atoms with van der Waals surface area (Å²) in [6.07, 6.45) is 7.12. The van der Waals surface area contributed by atoms with Crippen LogP contribution >= 0.6 is 0 Å². The Hall–Kier alpha value is -1.44. The number of aromatic nitrogens is 1. The molecule has 2 heteroatoms. The zero-order valence-corrected chi connectivity index (χ0v) is 8.16. The van der Waals surface area contributed by atoms with Crippen molar-refractivity contribution in [2.24, 2.45) is 0 Å². The van der Waals surface area contributed by atoms with Crippen molar-refractivity contribution in [1.82, 2.24) is 4.40 Å². The smallest absolute Gasteiger partial charge is 0.0483 e. The number of anilines is 1. The van der Waals surface area contributed by atoms with Crippen molar-refractivity contribution in [2.75, 3.05) is 5.73 Å². The standard InChI is InChI=1S/C12H14N2/c13-10-5-6-11-7-9-3-1-2-4-12(9)14(11)8-10/h5-8H,1-4,13H2. The Morgan fingerprint density at radius 1 is 1.14 bits per heavy atom. The van der Waals surface area contributed by atoms with E-state index in [2.05, 4.69) is 16.5 Å². The van der Waals surface area contributed by atoms with E-state index in [1.807, 2.05) is 12.3 Å². The minimum Gasteiger partial charge on any atom is -0.398 e. The van der Waals surface area contributed by atoms with Gasteiger partial charge in [-0.3, -0.25) is 0 Å². The molecule has 3 rings (SSSR count). The molecule has 0 atom stereocenters. The van der Waals surface area contributed by atoms with Crippen LogP contribution in [-0.4, -0.2) is 4.40 Å². The molecule has 14 heavy (non-hydrogen) atoms. The molecule has 1 aliphatic rings. The maximum Gasteiger partial charge on any atom is 0.0483 e. The van der Waals surface area contributed by atoms with Gasteiger partial charge in [0.2, 0.25) is 0 Å². The van der Waals surface area contributed by atoms with E-state index in [9.17, 15) is 0 Å². The van der Waals surface area contributed by atoms with Gasteiger partial charge >= 0.3 is 0 Å². The van der Waals surface area contributed by atoms with Crippen LogP contribution in [0.2, 0.25) is 0 Å². The molecule has 0 fully saturated rings. The van der Waals surface area contributed by atoms with Crippen molar-refractivity contribution in [3.05, 3.63) is 35.7 Å². The fourth-order valence-corrected chi connectivity index (χ4v) is 2.40. The molecule has 0 spiro atoms. The second-order valence-electron chi connectivity index (χ2n) is 4.08. The Bertz CT molecular complexity index is 482. The van der Waals surface area contributed by atoms with E-state index in [4.69, 9.17) is 5.73 Å². The normalized spacial score (nSPS) is 15.7. The average Bonchev–Trinajstić information content (AvgIpc) is 2.56. The maximum absolute atomic E-state index is 5.80. The topological polar surface area (TPSA) is 30.4 Å². The molecular weight excluding hydrogens is 172 g/mol. The zero-order valence-electron chi connectivity index (χ0n) is 8.16. The van der Waals surface area contributed by atoms with Crippen molar-refractivity contribution in [2.45, 2.75) is 25.7 Å². The van der Waals surface area contributed by atoms with Crippen LogP contribution in [0.5, 0.6) is 0 Å². The van der Waals surface area contributed by atoms with Gasteiger partial charge in [-0.1, -0.05) is 0 Å². The summed E-state index contributed by atoms with van der Waals surface area (Å²) in [5, 5.41) is 0. The van der Waals surface area contributed by atoms with E-state index in [0.29, 0.717) is 0 Å². The first-order valence-electron chi connectivity index (χ1n) is 5.23. The predicted molar refractivity (Wildman–Crippen MR) is 58.5 cm³/mol. The summed E-state index contributed by atoms with van der Waals surface area (Å²) in [4.78, 5) is 0. The lowest BCUT2D eigenvalue weighted by Gasteiger charge is -2.11. The van der Waals surface area contributed by atoms with Crippen LogP contribution in [0.25, 0.3) is 5.52 Å². The van der Waals surface area contributed by atoms with Crippen LogP contribution in [0.15, 0.2) is 24.4 Å². The van der Waals surface area contributed by atoms with Crippen LogP contribution in [-0.2, 0) is 12.8 Å². The van der Waals surface area contributed by atoms with Crippen LogP contribution in [0.3, 0.4) is 0 Å². The first-order valence-corrected chi connectivity index (χ1v) is 5.23. The van der Waals surface area contributed by atoms with Gasteiger partial charge in [0, 0.05) is 23.1 Å². The summed E-state index contributed by atoms with van der Waals surface area (Å²) in [6, 6.07) is 6.38. The monoisotopic (exact) mass is 186 g/mol. The number of hydrogen-bond acceptors (Lipinski definition) is 1. The zero-order chi connectivity index (χ0) is 9.54. The minimum atomic E-state index is 0.849. The van der Waals surface area contributed by atoms with Gasteiger partial charge in [0.15, 0.2) is 0 Å². The Morgan fingerprint density at radius 3 is 2.93 bits per heavy atom. The van der Waals surface area contributed by atoms with Crippen LogP contribution in [0, 0.1) is 0 Å². The highest BCUT2D eigenvalue weighted by Gasteiger charge is 2.13. The van der Waals surface area contributed by atoms with Crippen LogP contribution < -0.4 is 5.73 Å². The Balaban J connectivity index is 2.32. The number of nitrogens with zero attached hydrogens (tertiary/aromatic N) is 1. The van der Waals surface area contributed by atoms with Gasteiger partial charge in [-0.25, -0.2) is 0 Å². The fourth-order valence-electron chi connectivity index (χ4n) is 2.40. The Morgan fingerprint density at radius 2 is 2.00 bits per heavy atom. The van der Waals surface area contributed by atoms with Crippen molar-refractivity contribution in [1.29, 1.82) is 0 Å². The third-order valence-electron chi connectivity index (χ3n) is 3.10. The van der Waals surface area contributed by atoms with Gasteiger partial charge in [0.25, 0.3) is 0 Å². The van der Waals surface area contributed by atoms with Gasteiger partial charge in [-0.05, 0) is 49.4 Å². The molecule has 0 aliphatic heterocycles. The molecule has 1 aliphatic carbocycles. The summed E-state index contributed by atoms with van der Waals surface area (Å²) in [5.41, 5.74) is 10.9. The number of pyridine rings is 1. The molecule has 2 heterocycles. The van der Waals surface area contributed by atoms with Crippen molar-refractivity contribution < 1.29 is 0 Å². The number of fused-ring (bicyclic) bond motifs is 3. The van der Waals surface area contributed by atoms with Crippen LogP contribution in [0.1, 0.15) is 24.1 Å². The summed E-state index contributed by atoms with van der Waals surface area (Å²) in [7, 11) is 0. The molecule has 0 amide bonds. The Labute approximate surface area is 83.3 Å². The number of rotatable bonds is 0. The molecule has 0 saturated carbocycles. The highest BCUT2D eigenvalue weighted by Crippen LogP contribution is 2.25. The number of hydrogen-bond donors (Lipinski definition) is 1. The van der Waals surface area contributed by atoms with Gasteiger partial charge in [-0.15, -0.1) is 0 Å². The SMILES string of the molecule is Nc1ccc2cc3c(n2c1)CCCC3. The molecule has 72 valence electrons. The number of aryl methyl sites for hydroxylation is 2. The molecular formula is C12H14N2. The second kappa shape index (κ2) is 2.77. The third-order valence-corrected chi connectivity index (χ3v) is 3.10. The molecule has 0 aromatic carbocycles. The van der Waals surface area contributed by atoms with Gasteiger partial charge in [0.1, 0.15) is 0 Å². The molecule has 0 saturated heterocycles. The summed E-state index contributed by atoms with van der Waals surface area (Å²) >= 11 is 0. The lowest BCUT2D eigenvalue weighted by atomic mass is 9.98. The average molecular weight is 186 g/mol.